The zero-order valence-electron chi connectivity index (χ0n) is 16.3. The van der Waals surface area contributed by atoms with Crippen molar-refractivity contribution in [3.63, 3.8) is 0 Å². The zero-order chi connectivity index (χ0) is 18.8. The van der Waals surface area contributed by atoms with Gasteiger partial charge in [0.1, 0.15) is 12.4 Å². The summed E-state index contributed by atoms with van der Waals surface area (Å²) in [7, 11) is 3.78. The number of carbonyl (C=O) groups is 1. The van der Waals surface area contributed by atoms with E-state index in [-0.39, 0.29) is 51.4 Å². The van der Waals surface area contributed by atoms with E-state index in [1.807, 2.05) is 27.7 Å². The molecule has 1 aromatic carbocycles. The molecule has 1 aliphatic rings. The Morgan fingerprint density at radius 2 is 1.88 bits per heavy atom. The van der Waals surface area contributed by atoms with Crippen LogP contribution in [0.3, 0.4) is 0 Å². The van der Waals surface area contributed by atoms with Gasteiger partial charge in [-0.3, -0.25) is 4.79 Å². The smallest absolute Gasteiger partial charge is 0.796 e. The number of carbonyl (C=O) groups excluding carboxylic acids is 1. The molecular weight excluding hydrogens is 412 g/mol. The third kappa shape index (κ3) is 15.1. The van der Waals surface area contributed by atoms with Crippen LogP contribution in [0.1, 0.15) is 43.7 Å². The number of fused-ring (bicyclic) bond motifs is 1. The molecule has 4 nitrogen and oxygen atoms in total. The second kappa shape index (κ2) is 22.4. The quantitative estimate of drug-likeness (QED) is 0.195. The SMILES string of the molecule is CCCCCCN.C[S-].O=CNCCOc1ccc2c(c1)CSSC2.[K+]. The summed E-state index contributed by atoms with van der Waals surface area (Å²) in [5, 5.41) is 2.57. The van der Waals surface area contributed by atoms with Crippen molar-refractivity contribution in [3.05, 3.63) is 29.3 Å². The average molecular weight is 443 g/mol. The Labute approximate surface area is 215 Å². The molecule has 26 heavy (non-hydrogen) atoms. The molecule has 0 aromatic heterocycles. The molecule has 1 heterocycles. The molecule has 2 rings (SSSR count). The van der Waals surface area contributed by atoms with E-state index in [0.29, 0.717) is 19.6 Å². The van der Waals surface area contributed by atoms with Crippen molar-refractivity contribution >= 4 is 40.6 Å². The summed E-state index contributed by atoms with van der Waals surface area (Å²) < 4.78 is 5.54. The van der Waals surface area contributed by atoms with Crippen LogP contribution in [0, 0.1) is 0 Å². The van der Waals surface area contributed by atoms with Gasteiger partial charge in [0.2, 0.25) is 6.41 Å². The topological polar surface area (TPSA) is 64.4 Å². The Bertz CT molecular complexity index is 450. The monoisotopic (exact) mass is 442 g/mol. The summed E-state index contributed by atoms with van der Waals surface area (Å²) in [4.78, 5) is 10.0. The largest absolute Gasteiger partial charge is 1.00 e. The Morgan fingerprint density at radius 1 is 1.19 bits per heavy atom. The number of amides is 1. The van der Waals surface area contributed by atoms with Crippen LogP contribution in [0.4, 0.5) is 0 Å². The third-order valence-electron chi connectivity index (χ3n) is 3.35. The maximum Gasteiger partial charge on any atom is 1.00 e. The van der Waals surface area contributed by atoms with Crippen LogP contribution in [-0.2, 0) is 28.9 Å². The molecule has 0 fully saturated rings. The van der Waals surface area contributed by atoms with E-state index in [1.54, 1.807) is 6.26 Å². The first-order valence-corrected chi connectivity index (χ1v) is 11.9. The van der Waals surface area contributed by atoms with Crippen LogP contribution in [0.5, 0.6) is 5.75 Å². The van der Waals surface area contributed by atoms with Gasteiger partial charge in [-0.15, -0.1) is 0 Å². The molecule has 0 spiro atoms. The van der Waals surface area contributed by atoms with E-state index >= 15 is 0 Å². The van der Waals surface area contributed by atoms with Gasteiger partial charge >= 0.3 is 51.4 Å². The van der Waals surface area contributed by atoms with E-state index in [2.05, 4.69) is 37.0 Å². The van der Waals surface area contributed by atoms with E-state index in [0.717, 1.165) is 23.8 Å². The van der Waals surface area contributed by atoms with Gasteiger partial charge in [-0.2, -0.15) is 6.26 Å². The second-order valence-electron chi connectivity index (χ2n) is 5.22. The van der Waals surface area contributed by atoms with Crippen molar-refractivity contribution in [1.29, 1.82) is 0 Å². The van der Waals surface area contributed by atoms with Gasteiger partial charge in [-0.25, -0.2) is 0 Å². The number of ether oxygens (including phenoxy) is 1. The van der Waals surface area contributed by atoms with Gasteiger partial charge in [-0.05, 0) is 36.2 Å². The maximum absolute atomic E-state index is 10.0. The molecule has 0 atom stereocenters. The molecular formula is C18H31KN2O2S3. The molecule has 0 radical (unpaired) electrons. The normalized spacial score (nSPS) is 11.4. The average Bonchev–Trinajstić information content (AvgIpc) is 2.68. The Morgan fingerprint density at radius 3 is 2.50 bits per heavy atom. The van der Waals surface area contributed by atoms with E-state index in [1.165, 1.54) is 36.8 Å². The van der Waals surface area contributed by atoms with Crippen molar-refractivity contribution in [2.24, 2.45) is 5.73 Å². The molecule has 0 saturated heterocycles. The molecule has 8 heteroatoms. The number of nitrogens with two attached hydrogens (primary N) is 1. The third-order valence-corrected chi connectivity index (χ3v) is 5.58. The summed E-state index contributed by atoms with van der Waals surface area (Å²) in [5.41, 5.74) is 8.04. The summed E-state index contributed by atoms with van der Waals surface area (Å²) >= 11 is 4.08. The number of hydrogen-bond donors (Lipinski definition) is 2. The van der Waals surface area contributed by atoms with Gasteiger partial charge in [0, 0.05) is 11.5 Å². The van der Waals surface area contributed by atoms with E-state index in [9.17, 15) is 4.79 Å². The second-order valence-corrected chi connectivity index (χ2v) is 7.69. The minimum atomic E-state index is 0. The van der Waals surface area contributed by atoms with Gasteiger partial charge in [0.05, 0.1) is 6.54 Å². The standard InChI is InChI=1S/C11H13NO2S2.C6H15N.CH4S.K/c13-8-12-3-4-14-11-2-1-9-6-15-16-7-10(9)5-11;1-2-3-4-5-6-7;1-2;/h1-2,5,8H,3-4,6-7H2,(H,12,13);2-7H2,1H3;2H,1H3;/q;;;+1/p-1. The molecule has 1 amide bonds. The van der Waals surface area contributed by atoms with Gasteiger partial charge < -0.3 is 28.4 Å². The summed E-state index contributed by atoms with van der Waals surface area (Å²) in [5.74, 6) is 3.01. The maximum atomic E-state index is 10.0. The predicted octanol–water partition coefficient (Wildman–Crippen LogP) is 0.899. The van der Waals surface area contributed by atoms with Gasteiger partial charge in [0.25, 0.3) is 0 Å². The van der Waals surface area contributed by atoms with Crippen LogP contribution in [0.2, 0.25) is 0 Å². The molecule has 3 N–H and O–H groups in total. The van der Waals surface area contributed by atoms with Gasteiger partial charge in [0.15, 0.2) is 0 Å². The van der Waals surface area contributed by atoms with Crippen LogP contribution in [0.25, 0.3) is 0 Å². The Kier molecular flexibility index (Phi) is 25.3. The van der Waals surface area contributed by atoms with Crippen LogP contribution >= 0.6 is 21.6 Å². The fourth-order valence-electron chi connectivity index (χ4n) is 2.04. The summed E-state index contributed by atoms with van der Waals surface area (Å²) in [6, 6.07) is 6.23. The van der Waals surface area contributed by atoms with Crippen LogP contribution in [0.15, 0.2) is 18.2 Å². The number of benzene rings is 1. The molecule has 1 aliphatic heterocycles. The molecule has 0 saturated carbocycles. The van der Waals surface area contributed by atoms with E-state index in [4.69, 9.17) is 10.5 Å². The first kappa shape index (κ1) is 29.3. The van der Waals surface area contributed by atoms with Crippen molar-refractivity contribution in [1.82, 2.24) is 5.32 Å². The number of nitrogens with one attached hydrogen (secondary N) is 1. The minimum absolute atomic E-state index is 0. The molecule has 0 bridgehead atoms. The number of rotatable bonds is 9. The first-order valence-electron chi connectivity index (χ1n) is 8.58. The van der Waals surface area contributed by atoms with Crippen molar-refractivity contribution in [3.8, 4) is 5.75 Å². The van der Waals surface area contributed by atoms with Gasteiger partial charge in [-0.1, -0.05) is 53.8 Å². The molecule has 0 aliphatic carbocycles. The van der Waals surface area contributed by atoms with Crippen LogP contribution < -0.4 is 67.2 Å². The van der Waals surface area contributed by atoms with Crippen LogP contribution in [-0.4, -0.2) is 32.4 Å². The van der Waals surface area contributed by atoms with Crippen molar-refractivity contribution < 1.29 is 60.9 Å². The fraction of sp³-hybridized carbons (Fsp3) is 0.611. The minimum Gasteiger partial charge on any atom is -0.796 e. The fourth-order valence-corrected chi connectivity index (χ4v) is 4.27. The number of unbranched alkanes of at least 4 members (excludes halogenated alkanes) is 3. The molecule has 0 unspecified atom stereocenters. The summed E-state index contributed by atoms with van der Waals surface area (Å²) in [6.07, 6.45) is 7.43. The zero-order valence-corrected chi connectivity index (χ0v) is 21.9. The first-order chi connectivity index (χ1) is 12.3. The van der Waals surface area contributed by atoms with Crippen molar-refractivity contribution in [2.45, 2.75) is 44.1 Å². The molecule has 1 aromatic rings. The van der Waals surface area contributed by atoms with Crippen molar-refractivity contribution in [2.75, 3.05) is 26.0 Å². The molecule has 144 valence electrons. The Balaban J connectivity index is 0. The van der Waals surface area contributed by atoms with E-state index < -0.39 is 0 Å². The Hall–Kier alpha value is 1.14. The summed E-state index contributed by atoms with van der Waals surface area (Å²) in [6.45, 7) is 4.13. The predicted molar refractivity (Wildman–Crippen MR) is 115 cm³/mol. The number of hydrogen-bond acceptors (Lipinski definition) is 6.